The molecule has 0 bridgehead atoms. The Bertz CT molecular complexity index is 219. The zero-order chi connectivity index (χ0) is 13.4. The molecule has 3 N–H and O–H groups in total. The summed E-state index contributed by atoms with van der Waals surface area (Å²) in [5.41, 5.74) is -0.0942. The minimum atomic E-state index is -0.463. The molecule has 0 spiro atoms. The average molecular weight is 259 g/mol. The first-order valence-electron chi connectivity index (χ1n) is 7.25. The molecule has 0 aromatic carbocycles. The van der Waals surface area contributed by atoms with Crippen molar-refractivity contribution < 1.29 is 14.9 Å². The van der Waals surface area contributed by atoms with Gasteiger partial charge in [-0.05, 0) is 32.6 Å². The molecule has 1 fully saturated rings. The van der Waals surface area contributed by atoms with Crippen molar-refractivity contribution in [1.29, 1.82) is 0 Å². The van der Waals surface area contributed by atoms with Gasteiger partial charge < -0.3 is 20.3 Å². The highest BCUT2D eigenvalue weighted by atomic mass is 16.5. The molecule has 0 aromatic rings. The Balaban J connectivity index is 2.16. The van der Waals surface area contributed by atoms with Gasteiger partial charge in [-0.25, -0.2) is 0 Å². The van der Waals surface area contributed by atoms with Crippen LogP contribution in [0.25, 0.3) is 0 Å². The maximum atomic E-state index is 9.89. The second-order valence-corrected chi connectivity index (χ2v) is 5.66. The van der Waals surface area contributed by atoms with E-state index in [-0.39, 0.29) is 12.1 Å². The van der Waals surface area contributed by atoms with E-state index in [1.165, 1.54) is 12.8 Å². The number of aliphatic hydroxyl groups is 2. The molecule has 0 saturated heterocycles. The summed E-state index contributed by atoms with van der Waals surface area (Å²) >= 11 is 0. The third-order valence-corrected chi connectivity index (χ3v) is 4.03. The van der Waals surface area contributed by atoms with Crippen LogP contribution in [0.15, 0.2) is 0 Å². The normalized spacial score (nSPS) is 22.0. The van der Waals surface area contributed by atoms with Crippen molar-refractivity contribution in [3.63, 3.8) is 0 Å². The SMILES string of the molecule is CCC(C)(CCO)NCC(O)COC1CCCC1. The lowest BCUT2D eigenvalue weighted by Gasteiger charge is -2.30. The molecule has 1 rings (SSSR count). The van der Waals surface area contributed by atoms with Crippen molar-refractivity contribution in [2.75, 3.05) is 19.8 Å². The number of β-amino-alcohol motifs (C(OH)–C–C–N with tert-alkyl or cyclic N) is 1. The van der Waals surface area contributed by atoms with Gasteiger partial charge >= 0.3 is 0 Å². The molecule has 1 saturated carbocycles. The minimum Gasteiger partial charge on any atom is -0.396 e. The van der Waals surface area contributed by atoms with Crippen LogP contribution >= 0.6 is 0 Å². The highest BCUT2D eigenvalue weighted by Gasteiger charge is 2.22. The maximum absolute atomic E-state index is 9.89. The van der Waals surface area contributed by atoms with Crippen LogP contribution in [0.2, 0.25) is 0 Å². The molecular weight excluding hydrogens is 230 g/mol. The summed E-state index contributed by atoms with van der Waals surface area (Å²) in [5, 5.41) is 22.2. The van der Waals surface area contributed by atoms with Crippen LogP contribution in [0.5, 0.6) is 0 Å². The van der Waals surface area contributed by atoms with Gasteiger partial charge in [0.2, 0.25) is 0 Å². The molecule has 18 heavy (non-hydrogen) atoms. The van der Waals surface area contributed by atoms with Gasteiger partial charge in [-0.15, -0.1) is 0 Å². The highest BCUT2D eigenvalue weighted by Crippen LogP contribution is 2.21. The Kier molecular flexibility index (Phi) is 7.15. The Morgan fingerprint density at radius 1 is 1.39 bits per heavy atom. The molecule has 2 unspecified atom stereocenters. The van der Waals surface area contributed by atoms with Gasteiger partial charge in [-0.3, -0.25) is 0 Å². The Hall–Kier alpha value is -0.160. The summed E-state index contributed by atoms with van der Waals surface area (Å²) in [6, 6.07) is 0. The van der Waals surface area contributed by atoms with E-state index in [0.29, 0.717) is 25.7 Å². The Morgan fingerprint density at radius 2 is 2.06 bits per heavy atom. The predicted molar refractivity (Wildman–Crippen MR) is 72.6 cm³/mol. The fourth-order valence-corrected chi connectivity index (χ4v) is 2.36. The van der Waals surface area contributed by atoms with Crippen LogP contribution in [0.1, 0.15) is 52.4 Å². The van der Waals surface area contributed by atoms with Crippen LogP contribution in [0.4, 0.5) is 0 Å². The molecule has 0 heterocycles. The molecule has 2 atom stereocenters. The third kappa shape index (κ3) is 5.65. The predicted octanol–water partition coefficient (Wildman–Crippen LogP) is 1.45. The van der Waals surface area contributed by atoms with E-state index in [1.54, 1.807) is 0 Å². The second kappa shape index (κ2) is 8.10. The first-order chi connectivity index (χ1) is 8.59. The molecule has 4 heteroatoms. The van der Waals surface area contributed by atoms with E-state index in [4.69, 9.17) is 9.84 Å². The molecule has 0 aromatic heterocycles. The van der Waals surface area contributed by atoms with Gasteiger partial charge in [0.15, 0.2) is 0 Å². The first kappa shape index (κ1) is 15.9. The van der Waals surface area contributed by atoms with E-state index >= 15 is 0 Å². The highest BCUT2D eigenvalue weighted by molar-refractivity contribution is 4.82. The lowest BCUT2D eigenvalue weighted by Crippen LogP contribution is -2.47. The minimum absolute atomic E-state index is 0.0942. The number of rotatable bonds is 9. The van der Waals surface area contributed by atoms with Crippen LogP contribution in [-0.4, -0.2) is 47.7 Å². The van der Waals surface area contributed by atoms with Crippen molar-refractivity contribution in [2.24, 2.45) is 0 Å². The second-order valence-electron chi connectivity index (χ2n) is 5.66. The van der Waals surface area contributed by atoms with E-state index in [0.717, 1.165) is 19.3 Å². The van der Waals surface area contributed by atoms with E-state index in [2.05, 4.69) is 19.2 Å². The number of ether oxygens (including phenoxy) is 1. The molecule has 1 aliphatic carbocycles. The fraction of sp³-hybridized carbons (Fsp3) is 1.00. The van der Waals surface area contributed by atoms with E-state index in [9.17, 15) is 5.11 Å². The van der Waals surface area contributed by atoms with Crippen LogP contribution in [0, 0.1) is 0 Å². The quantitative estimate of drug-likeness (QED) is 0.586. The topological polar surface area (TPSA) is 61.7 Å². The van der Waals surface area contributed by atoms with Crippen molar-refractivity contribution in [1.82, 2.24) is 5.32 Å². The lowest BCUT2D eigenvalue weighted by atomic mass is 9.95. The molecule has 108 valence electrons. The van der Waals surface area contributed by atoms with Gasteiger partial charge in [-0.1, -0.05) is 19.8 Å². The van der Waals surface area contributed by atoms with Crippen molar-refractivity contribution in [2.45, 2.75) is 70.1 Å². The molecular formula is C14H29NO3. The van der Waals surface area contributed by atoms with Gasteiger partial charge in [-0.2, -0.15) is 0 Å². The number of hydrogen-bond acceptors (Lipinski definition) is 4. The van der Waals surface area contributed by atoms with Crippen LogP contribution in [0.3, 0.4) is 0 Å². The van der Waals surface area contributed by atoms with Gasteiger partial charge in [0.25, 0.3) is 0 Å². The van der Waals surface area contributed by atoms with Gasteiger partial charge in [0, 0.05) is 18.7 Å². The van der Waals surface area contributed by atoms with Crippen molar-refractivity contribution in [3.05, 3.63) is 0 Å². The van der Waals surface area contributed by atoms with Crippen LogP contribution in [-0.2, 0) is 4.74 Å². The van der Waals surface area contributed by atoms with Crippen molar-refractivity contribution >= 4 is 0 Å². The summed E-state index contributed by atoms with van der Waals surface area (Å²) in [6.07, 6.45) is 6.31. The summed E-state index contributed by atoms with van der Waals surface area (Å²) in [4.78, 5) is 0. The molecule has 0 amide bonds. The average Bonchev–Trinajstić information content (AvgIpc) is 2.87. The van der Waals surface area contributed by atoms with Crippen LogP contribution < -0.4 is 5.32 Å². The summed E-state index contributed by atoms with van der Waals surface area (Å²) < 4.78 is 5.68. The Morgan fingerprint density at radius 3 is 2.61 bits per heavy atom. The van der Waals surface area contributed by atoms with Crippen molar-refractivity contribution in [3.8, 4) is 0 Å². The van der Waals surface area contributed by atoms with Gasteiger partial charge in [0.1, 0.15) is 0 Å². The lowest BCUT2D eigenvalue weighted by molar-refractivity contribution is -0.00829. The molecule has 4 nitrogen and oxygen atoms in total. The summed E-state index contributed by atoms with van der Waals surface area (Å²) in [5.74, 6) is 0. The zero-order valence-corrected chi connectivity index (χ0v) is 11.8. The third-order valence-electron chi connectivity index (χ3n) is 4.03. The number of aliphatic hydroxyl groups excluding tert-OH is 2. The summed E-state index contributed by atoms with van der Waals surface area (Å²) in [6.45, 7) is 5.28. The van der Waals surface area contributed by atoms with Gasteiger partial charge in [0.05, 0.1) is 18.8 Å². The number of hydrogen-bond donors (Lipinski definition) is 3. The monoisotopic (exact) mass is 259 g/mol. The smallest absolute Gasteiger partial charge is 0.0898 e. The molecule has 0 radical (unpaired) electrons. The first-order valence-corrected chi connectivity index (χ1v) is 7.25. The number of nitrogens with one attached hydrogen (secondary N) is 1. The largest absolute Gasteiger partial charge is 0.396 e. The zero-order valence-electron chi connectivity index (χ0n) is 11.8. The van der Waals surface area contributed by atoms with E-state index in [1.807, 2.05) is 0 Å². The molecule has 0 aliphatic heterocycles. The maximum Gasteiger partial charge on any atom is 0.0898 e. The fourth-order valence-electron chi connectivity index (χ4n) is 2.36. The Labute approximate surface area is 111 Å². The molecule has 1 aliphatic rings. The summed E-state index contributed by atoms with van der Waals surface area (Å²) in [7, 11) is 0. The van der Waals surface area contributed by atoms with E-state index < -0.39 is 6.10 Å². The standard InChI is InChI=1S/C14H29NO3/c1-3-14(2,8-9-16)15-10-12(17)11-18-13-6-4-5-7-13/h12-13,15-17H,3-11H2,1-2H3.